The van der Waals surface area contributed by atoms with Crippen LogP contribution in [0.25, 0.3) is 22.3 Å². The molecule has 0 bridgehead atoms. The molecule has 9 rings (SSSR count). The lowest BCUT2D eigenvalue weighted by molar-refractivity contribution is -0.137. The fourth-order valence-corrected chi connectivity index (χ4v) is 10.6. The molecule has 15 nitrogen and oxygen atoms in total. The number of ether oxygens (including phenoxy) is 1. The maximum Gasteiger partial charge on any atom is 0.255 e. The van der Waals surface area contributed by atoms with Crippen LogP contribution in [0.1, 0.15) is 79.8 Å². The van der Waals surface area contributed by atoms with E-state index in [1.165, 1.54) is 6.33 Å². The minimum absolute atomic E-state index is 0.0211. The lowest BCUT2D eigenvalue weighted by Gasteiger charge is -2.35. The summed E-state index contributed by atoms with van der Waals surface area (Å²) < 4.78 is 7.96. The van der Waals surface area contributed by atoms with Gasteiger partial charge in [-0.3, -0.25) is 24.5 Å². The zero-order chi connectivity index (χ0) is 44.0. The van der Waals surface area contributed by atoms with Crippen molar-refractivity contribution >= 4 is 52.2 Å². The molecule has 3 saturated heterocycles. The molecule has 64 heavy (non-hydrogen) atoms. The van der Waals surface area contributed by atoms with Gasteiger partial charge in [0.1, 0.15) is 35.4 Å². The van der Waals surface area contributed by atoms with Crippen LogP contribution in [0.4, 0.5) is 5.82 Å². The maximum absolute atomic E-state index is 13.6. The number of fused-ring (bicyclic) bond motifs is 2. The summed E-state index contributed by atoms with van der Waals surface area (Å²) in [6.07, 6.45) is 8.64. The molecule has 334 valence electrons. The van der Waals surface area contributed by atoms with Gasteiger partial charge in [0, 0.05) is 74.7 Å². The van der Waals surface area contributed by atoms with E-state index in [-0.39, 0.29) is 36.1 Å². The Hall–Kier alpha value is -5.84. The number of nitrogens with one attached hydrogen (secondary N) is 1. The van der Waals surface area contributed by atoms with E-state index in [9.17, 15) is 19.2 Å². The van der Waals surface area contributed by atoms with Crippen LogP contribution in [0.3, 0.4) is 0 Å². The van der Waals surface area contributed by atoms with Crippen LogP contribution < -0.4 is 15.8 Å². The Balaban J connectivity index is 0.685. The number of piperazine rings is 1. The Kier molecular flexibility index (Phi) is 13.5. The molecule has 4 amide bonds. The Labute approximate surface area is 377 Å². The van der Waals surface area contributed by atoms with Crippen LogP contribution in [0.5, 0.6) is 11.5 Å². The van der Waals surface area contributed by atoms with Crippen molar-refractivity contribution in [2.75, 3.05) is 63.8 Å². The molecule has 0 aliphatic carbocycles. The number of unbranched alkanes of at least 4 members (excludes halogenated alkanes) is 2. The van der Waals surface area contributed by atoms with Gasteiger partial charge in [-0.1, -0.05) is 30.7 Å². The second-order valence-corrected chi connectivity index (χ2v) is 18.3. The number of anilines is 1. The predicted molar refractivity (Wildman–Crippen MR) is 246 cm³/mol. The number of carbonyl (C=O) groups is 4. The van der Waals surface area contributed by atoms with E-state index in [0.717, 1.165) is 118 Å². The highest BCUT2D eigenvalue weighted by atomic mass is 32.2. The summed E-state index contributed by atoms with van der Waals surface area (Å²) in [5, 5.41) is 8.17. The molecule has 3 aromatic carbocycles. The first-order chi connectivity index (χ1) is 31.3. The number of imide groups is 1. The third kappa shape index (κ3) is 9.78. The Morgan fingerprint density at radius 3 is 2.38 bits per heavy atom. The largest absolute Gasteiger partial charge is 0.457 e. The molecule has 3 N–H and O–H groups in total. The first-order valence-corrected chi connectivity index (χ1v) is 23.7. The van der Waals surface area contributed by atoms with Gasteiger partial charge in [-0.15, -0.1) is 11.8 Å². The van der Waals surface area contributed by atoms with Gasteiger partial charge < -0.3 is 30.1 Å². The number of thioether (sulfide) groups is 1. The van der Waals surface area contributed by atoms with Crippen molar-refractivity contribution in [2.24, 2.45) is 0 Å². The molecule has 5 aromatic rings. The zero-order valence-electron chi connectivity index (χ0n) is 36.2. The number of para-hydroxylation sites is 1. The Morgan fingerprint density at radius 2 is 1.59 bits per heavy atom. The smallest absolute Gasteiger partial charge is 0.255 e. The van der Waals surface area contributed by atoms with E-state index in [4.69, 9.17) is 15.6 Å². The number of benzene rings is 3. The molecule has 16 heteroatoms. The quantitative estimate of drug-likeness (QED) is 0.0659. The van der Waals surface area contributed by atoms with E-state index >= 15 is 0 Å². The number of rotatable bonds is 16. The van der Waals surface area contributed by atoms with Crippen LogP contribution in [-0.4, -0.2) is 127 Å². The summed E-state index contributed by atoms with van der Waals surface area (Å²) in [4.78, 5) is 69.6. The van der Waals surface area contributed by atoms with Crippen molar-refractivity contribution in [1.29, 1.82) is 0 Å². The Morgan fingerprint density at radius 1 is 0.828 bits per heavy atom. The van der Waals surface area contributed by atoms with Gasteiger partial charge in [0.2, 0.25) is 17.7 Å². The summed E-state index contributed by atoms with van der Waals surface area (Å²) in [5.41, 5.74) is 10.4. The van der Waals surface area contributed by atoms with E-state index in [1.807, 2.05) is 76.3 Å². The number of hydrogen-bond acceptors (Lipinski definition) is 12. The number of piperidine rings is 2. The summed E-state index contributed by atoms with van der Waals surface area (Å²) in [6, 6.07) is 22.7. The summed E-state index contributed by atoms with van der Waals surface area (Å²) in [6.45, 7) is 7.89. The number of nitrogens with two attached hydrogens (primary N) is 1. The van der Waals surface area contributed by atoms with E-state index in [0.29, 0.717) is 54.0 Å². The molecule has 1 unspecified atom stereocenters. The average Bonchev–Trinajstić information content (AvgIpc) is 3.88. The molecule has 2 atom stereocenters. The van der Waals surface area contributed by atoms with E-state index in [2.05, 4.69) is 31.2 Å². The standard InChI is InChI=1S/C48H56N10O5S/c49-45-43-44(33-16-18-36(19-17-33)63-35-11-3-1-4-12-35)53-58(46(43)51-32-50-45)34-10-8-24-56(30-34)42(60)15-9-23-55-27-25-54(26-28-55)22-5-2-6-29-64-40-14-7-13-37-38(40)31-57(48(37)62)39-20-21-41(59)52-47(39)61/h1,3-4,7,11-14,16-19,32,34,39H,2,5-6,8-10,15,20-31H2,(H2,49,50,51)(H,52,59,61)/t34-,39?/m1/s1. The fourth-order valence-electron chi connectivity index (χ4n) is 9.48. The monoisotopic (exact) mass is 884 g/mol. The zero-order valence-corrected chi connectivity index (χ0v) is 37.0. The number of amides is 4. The van der Waals surface area contributed by atoms with Gasteiger partial charge in [0.25, 0.3) is 5.91 Å². The number of hydrogen-bond donors (Lipinski definition) is 2. The molecule has 0 saturated carbocycles. The summed E-state index contributed by atoms with van der Waals surface area (Å²) in [5.74, 6) is 2.26. The highest BCUT2D eigenvalue weighted by Crippen LogP contribution is 2.37. The van der Waals surface area contributed by atoms with E-state index in [1.54, 1.807) is 16.7 Å². The maximum atomic E-state index is 13.6. The van der Waals surface area contributed by atoms with Crippen LogP contribution in [0.2, 0.25) is 0 Å². The number of nitrogens with zero attached hydrogens (tertiary/aromatic N) is 8. The first-order valence-electron chi connectivity index (χ1n) is 22.7. The lowest BCUT2D eigenvalue weighted by Crippen LogP contribution is -2.52. The molecule has 0 spiro atoms. The number of aromatic nitrogens is 4. The molecule has 3 fully saturated rings. The first kappa shape index (κ1) is 43.4. The van der Waals surface area contributed by atoms with Crippen molar-refractivity contribution in [2.45, 2.75) is 81.3 Å². The van der Waals surface area contributed by atoms with Gasteiger partial charge in [0.15, 0.2) is 5.65 Å². The van der Waals surface area contributed by atoms with Crippen molar-refractivity contribution in [3.63, 3.8) is 0 Å². The highest BCUT2D eigenvalue weighted by molar-refractivity contribution is 7.99. The normalized spacial score (nSPS) is 19.6. The third-order valence-corrected chi connectivity index (χ3v) is 14.2. The predicted octanol–water partition coefficient (Wildman–Crippen LogP) is 6.15. The van der Waals surface area contributed by atoms with Crippen LogP contribution in [-0.2, 0) is 20.9 Å². The van der Waals surface area contributed by atoms with Gasteiger partial charge >= 0.3 is 0 Å². The molecule has 2 aromatic heterocycles. The van der Waals surface area contributed by atoms with E-state index < -0.39 is 6.04 Å². The SMILES string of the molecule is Nc1ncnc2c1c(-c1ccc(Oc3ccccc3)cc1)nn2[C@@H]1CCCN(C(=O)CCCN2CCN(CCCCCSc3cccc4c3CN(C3CCC(=O)NC3=O)C4=O)CC2)C1. The van der Waals surface area contributed by atoms with Gasteiger partial charge in [-0.2, -0.15) is 5.10 Å². The van der Waals surface area contributed by atoms with Gasteiger partial charge in [0.05, 0.1) is 11.4 Å². The summed E-state index contributed by atoms with van der Waals surface area (Å²) >= 11 is 1.79. The van der Waals surface area contributed by atoms with Crippen molar-refractivity contribution in [1.82, 2.24) is 44.7 Å². The summed E-state index contributed by atoms with van der Waals surface area (Å²) in [7, 11) is 0. The lowest BCUT2D eigenvalue weighted by atomic mass is 10.0. The van der Waals surface area contributed by atoms with Gasteiger partial charge in [-0.25, -0.2) is 14.6 Å². The van der Waals surface area contributed by atoms with Crippen molar-refractivity contribution < 1.29 is 23.9 Å². The highest BCUT2D eigenvalue weighted by Gasteiger charge is 2.40. The van der Waals surface area contributed by atoms with Crippen LogP contribution in [0.15, 0.2) is 84.0 Å². The second-order valence-electron chi connectivity index (χ2n) is 17.2. The molecule has 4 aliphatic heterocycles. The fraction of sp³-hybridized carbons (Fsp3) is 0.438. The topological polar surface area (TPSA) is 172 Å². The minimum atomic E-state index is -0.594. The second kappa shape index (κ2) is 19.9. The van der Waals surface area contributed by atoms with Crippen molar-refractivity contribution in [3.8, 4) is 22.8 Å². The van der Waals surface area contributed by atoms with Gasteiger partial charge in [-0.05, 0) is 111 Å². The molecular formula is C48H56N10O5S. The number of carbonyl (C=O) groups excluding carboxylic acids is 4. The number of nitrogen functional groups attached to an aromatic ring is 1. The average molecular weight is 885 g/mol. The number of likely N-dealkylation sites (tertiary alicyclic amines) is 1. The van der Waals surface area contributed by atoms with Crippen LogP contribution >= 0.6 is 11.8 Å². The third-order valence-electron chi connectivity index (χ3n) is 13.0. The molecular weight excluding hydrogens is 829 g/mol. The van der Waals surface area contributed by atoms with Crippen LogP contribution in [0, 0.1) is 0 Å². The Bertz CT molecular complexity index is 2470. The molecule has 4 aliphatic rings. The van der Waals surface area contributed by atoms with Crippen molar-refractivity contribution in [3.05, 3.63) is 90.3 Å². The molecule has 6 heterocycles. The minimum Gasteiger partial charge on any atom is -0.457 e. The molecule has 0 radical (unpaired) electrons.